The van der Waals surface area contributed by atoms with Gasteiger partial charge in [-0.1, -0.05) is 6.07 Å². The summed E-state index contributed by atoms with van der Waals surface area (Å²) >= 11 is 0. The van der Waals surface area contributed by atoms with Gasteiger partial charge in [0, 0.05) is 6.54 Å². The van der Waals surface area contributed by atoms with Crippen LogP contribution in [-0.4, -0.2) is 36.9 Å². The normalized spacial score (nSPS) is 20.5. The van der Waals surface area contributed by atoms with E-state index in [9.17, 15) is 0 Å². The molecule has 6 heteroatoms. The van der Waals surface area contributed by atoms with Crippen molar-refractivity contribution in [3.8, 4) is 0 Å². The SMILES string of the molecule is CNCC(=Cc1nc(N)ccc1C)B1OC(C)(C)C(C)(C)O1. The molecule has 1 aliphatic heterocycles. The zero-order valence-corrected chi connectivity index (χ0v) is 14.4. The van der Waals surface area contributed by atoms with Crippen molar-refractivity contribution >= 4 is 19.0 Å². The first kappa shape index (κ1) is 17.0. The van der Waals surface area contributed by atoms with Crippen molar-refractivity contribution in [2.45, 2.75) is 45.8 Å². The molecule has 2 heterocycles. The molecule has 1 aromatic heterocycles. The Balaban J connectivity index is 2.35. The van der Waals surface area contributed by atoms with Crippen LogP contribution in [0.4, 0.5) is 5.82 Å². The van der Waals surface area contributed by atoms with Crippen LogP contribution in [0.15, 0.2) is 17.6 Å². The van der Waals surface area contributed by atoms with Crippen LogP contribution in [0, 0.1) is 6.92 Å². The average Bonchev–Trinajstić information content (AvgIpc) is 2.62. The zero-order valence-electron chi connectivity index (χ0n) is 14.4. The molecular weight excluding hydrogens is 277 g/mol. The van der Waals surface area contributed by atoms with Crippen LogP contribution in [0.3, 0.4) is 0 Å². The molecule has 1 saturated heterocycles. The highest BCUT2D eigenvalue weighted by Crippen LogP contribution is 2.38. The molecule has 1 fully saturated rings. The maximum atomic E-state index is 6.13. The lowest BCUT2D eigenvalue weighted by molar-refractivity contribution is 0.00578. The van der Waals surface area contributed by atoms with E-state index >= 15 is 0 Å². The fourth-order valence-electron chi connectivity index (χ4n) is 2.28. The van der Waals surface area contributed by atoms with E-state index < -0.39 is 0 Å². The van der Waals surface area contributed by atoms with Crippen molar-refractivity contribution < 1.29 is 9.31 Å². The van der Waals surface area contributed by atoms with Crippen LogP contribution in [0.5, 0.6) is 0 Å². The van der Waals surface area contributed by atoms with E-state index in [0.29, 0.717) is 12.4 Å². The number of anilines is 1. The maximum Gasteiger partial charge on any atom is 0.491 e. The first-order chi connectivity index (χ1) is 10.2. The number of nitrogens with zero attached hydrogens (tertiary/aromatic N) is 1. The van der Waals surface area contributed by atoms with Crippen molar-refractivity contribution in [2.24, 2.45) is 0 Å². The Morgan fingerprint density at radius 1 is 1.27 bits per heavy atom. The van der Waals surface area contributed by atoms with Crippen LogP contribution in [0.25, 0.3) is 6.08 Å². The third-order valence-corrected chi connectivity index (χ3v) is 4.42. The Morgan fingerprint density at radius 2 is 1.86 bits per heavy atom. The van der Waals surface area contributed by atoms with Crippen LogP contribution >= 0.6 is 0 Å². The van der Waals surface area contributed by atoms with Crippen LogP contribution in [-0.2, 0) is 9.31 Å². The van der Waals surface area contributed by atoms with E-state index in [1.54, 1.807) is 6.07 Å². The number of nitrogens with one attached hydrogen (secondary N) is 1. The zero-order chi connectivity index (χ0) is 16.5. The number of hydrogen-bond acceptors (Lipinski definition) is 5. The van der Waals surface area contributed by atoms with Crippen molar-refractivity contribution in [1.29, 1.82) is 0 Å². The van der Waals surface area contributed by atoms with Crippen LogP contribution in [0.2, 0.25) is 0 Å². The molecule has 0 atom stereocenters. The summed E-state index contributed by atoms with van der Waals surface area (Å²) in [5, 5.41) is 3.17. The highest BCUT2D eigenvalue weighted by molar-refractivity contribution is 6.55. The van der Waals surface area contributed by atoms with Gasteiger partial charge in [0.15, 0.2) is 0 Å². The minimum absolute atomic E-state index is 0.358. The van der Waals surface area contributed by atoms with Gasteiger partial charge >= 0.3 is 7.12 Å². The van der Waals surface area contributed by atoms with Gasteiger partial charge in [-0.3, -0.25) is 0 Å². The predicted molar refractivity (Wildman–Crippen MR) is 91.4 cm³/mol. The molecule has 5 nitrogen and oxygen atoms in total. The van der Waals surface area contributed by atoms with Crippen molar-refractivity contribution in [3.05, 3.63) is 28.9 Å². The smallest absolute Gasteiger partial charge is 0.400 e. The maximum absolute atomic E-state index is 6.13. The second-order valence-electron chi connectivity index (χ2n) is 6.78. The first-order valence-corrected chi connectivity index (χ1v) is 7.60. The Hall–Kier alpha value is -1.37. The Kier molecular flexibility index (Phi) is 4.66. The highest BCUT2D eigenvalue weighted by Gasteiger charge is 2.52. The third-order valence-electron chi connectivity index (χ3n) is 4.42. The van der Waals surface area contributed by atoms with Gasteiger partial charge in [0.25, 0.3) is 0 Å². The number of aryl methyl sites for hydroxylation is 1. The molecule has 22 heavy (non-hydrogen) atoms. The van der Waals surface area contributed by atoms with Crippen molar-refractivity contribution in [3.63, 3.8) is 0 Å². The van der Waals surface area contributed by atoms with Gasteiger partial charge in [0.2, 0.25) is 0 Å². The predicted octanol–water partition coefficient (Wildman–Crippen LogP) is 2.21. The van der Waals surface area contributed by atoms with E-state index in [0.717, 1.165) is 16.7 Å². The van der Waals surface area contributed by atoms with Crippen LogP contribution < -0.4 is 11.1 Å². The Labute approximate surface area is 133 Å². The summed E-state index contributed by atoms with van der Waals surface area (Å²) in [5.41, 5.74) is 8.00. The van der Waals surface area contributed by atoms with Crippen molar-refractivity contribution in [2.75, 3.05) is 19.3 Å². The molecular formula is C16H26BN3O2. The molecule has 3 N–H and O–H groups in total. The lowest BCUT2D eigenvalue weighted by Crippen LogP contribution is -2.41. The minimum atomic E-state index is -0.389. The first-order valence-electron chi connectivity index (χ1n) is 7.60. The van der Waals surface area contributed by atoms with Gasteiger partial charge in [-0.25, -0.2) is 4.98 Å². The molecule has 0 unspecified atom stereocenters. The van der Waals surface area contributed by atoms with Crippen molar-refractivity contribution in [1.82, 2.24) is 10.3 Å². The fraction of sp³-hybridized carbons (Fsp3) is 0.562. The van der Waals surface area contributed by atoms with E-state index in [1.807, 2.05) is 53.8 Å². The summed E-state index contributed by atoms with van der Waals surface area (Å²) in [4.78, 5) is 4.40. The standard InChI is InChI=1S/C16H26BN3O2/c1-11-7-8-14(18)20-13(11)9-12(10-19-6)17-21-15(2,3)16(4,5)22-17/h7-9,19H,10H2,1-6H3,(H2,18,20). The lowest BCUT2D eigenvalue weighted by atomic mass is 9.77. The lowest BCUT2D eigenvalue weighted by Gasteiger charge is -2.32. The van der Waals surface area contributed by atoms with Gasteiger partial charge in [-0.15, -0.1) is 0 Å². The number of pyridine rings is 1. The molecule has 2 rings (SSSR count). The highest BCUT2D eigenvalue weighted by atomic mass is 16.7. The quantitative estimate of drug-likeness (QED) is 0.835. The molecule has 0 saturated carbocycles. The van der Waals surface area contributed by atoms with E-state index in [2.05, 4.69) is 10.3 Å². The molecule has 1 aromatic rings. The van der Waals surface area contributed by atoms with Gasteiger partial charge in [0.05, 0.1) is 16.9 Å². The van der Waals surface area contributed by atoms with E-state index in [-0.39, 0.29) is 18.3 Å². The number of likely N-dealkylation sites (N-methyl/N-ethyl adjacent to an activating group) is 1. The van der Waals surface area contributed by atoms with Gasteiger partial charge in [-0.2, -0.15) is 0 Å². The summed E-state index contributed by atoms with van der Waals surface area (Å²) in [7, 11) is 1.51. The molecule has 0 aromatic carbocycles. The summed E-state index contributed by atoms with van der Waals surface area (Å²) < 4.78 is 12.3. The van der Waals surface area contributed by atoms with E-state index in [4.69, 9.17) is 15.0 Å². The molecule has 0 radical (unpaired) electrons. The number of nitrogen functional groups attached to an aromatic ring is 1. The van der Waals surface area contributed by atoms with E-state index in [1.165, 1.54) is 0 Å². The molecule has 0 aliphatic carbocycles. The largest absolute Gasteiger partial charge is 0.491 e. The molecule has 0 spiro atoms. The number of rotatable bonds is 4. The summed E-state index contributed by atoms with van der Waals surface area (Å²) in [5.74, 6) is 0.509. The topological polar surface area (TPSA) is 69.4 Å². The van der Waals surface area contributed by atoms with Gasteiger partial charge < -0.3 is 20.4 Å². The number of aromatic nitrogens is 1. The summed E-state index contributed by atoms with van der Waals surface area (Å²) in [6.07, 6.45) is 2.00. The number of nitrogens with two attached hydrogens (primary N) is 1. The number of hydrogen-bond donors (Lipinski definition) is 2. The molecule has 0 amide bonds. The molecule has 1 aliphatic rings. The Bertz CT molecular complexity index is 569. The third kappa shape index (κ3) is 3.34. The summed E-state index contributed by atoms with van der Waals surface area (Å²) in [6, 6.07) is 3.77. The van der Waals surface area contributed by atoms with Gasteiger partial charge in [-0.05, 0) is 64.8 Å². The summed E-state index contributed by atoms with van der Waals surface area (Å²) in [6.45, 7) is 10.9. The van der Waals surface area contributed by atoms with Gasteiger partial charge in [0.1, 0.15) is 5.82 Å². The monoisotopic (exact) mass is 303 g/mol. The average molecular weight is 303 g/mol. The fourth-order valence-corrected chi connectivity index (χ4v) is 2.28. The van der Waals surface area contributed by atoms with Crippen LogP contribution in [0.1, 0.15) is 39.0 Å². The molecule has 120 valence electrons. The molecule has 0 bridgehead atoms. The Morgan fingerprint density at radius 3 is 2.41 bits per heavy atom. The second kappa shape index (κ2) is 6.03. The minimum Gasteiger partial charge on any atom is -0.400 e. The second-order valence-corrected chi connectivity index (χ2v) is 6.78.